The lowest BCUT2D eigenvalue weighted by Crippen LogP contribution is -2.34. The van der Waals surface area contributed by atoms with Crippen molar-refractivity contribution in [3.8, 4) is 5.69 Å². The second kappa shape index (κ2) is 7.29. The van der Waals surface area contributed by atoms with Crippen LogP contribution in [0.15, 0.2) is 42.6 Å². The molecule has 4 heterocycles. The van der Waals surface area contributed by atoms with Gasteiger partial charge in [0.15, 0.2) is 0 Å². The van der Waals surface area contributed by atoms with Crippen LogP contribution < -0.4 is 4.90 Å². The van der Waals surface area contributed by atoms with E-state index in [0.29, 0.717) is 22.4 Å². The molecule has 8 heteroatoms. The molecular weight excluding hydrogens is 394 g/mol. The summed E-state index contributed by atoms with van der Waals surface area (Å²) in [6.07, 6.45) is 3.81. The number of halogens is 1. The van der Waals surface area contributed by atoms with E-state index in [2.05, 4.69) is 30.7 Å². The highest BCUT2D eigenvalue weighted by atomic mass is 35.5. The highest BCUT2D eigenvalue weighted by Crippen LogP contribution is 2.34. The van der Waals surface area contributed by atoms with Gasteiger partial charge in [0, 0.05) is 41.0 Å². The van der Waals surface area contributed by atoms with Crippen molar-refractivity contribution in [3.05, 3.63) is 64.8 Å². The maximum atomic E-state index is 12.5. The highest BCUT2D eigenvalue weighted by molar-refractivity contribution is 7.83. The van der Waals surface area contributed by atoms with Crippen molar-refractivity contribution in [2.24, 2.45) is 0 Å². The fourth-order valence-electron chi connectivity index (χ4n) is 4.11. The molecule has 5 rings (SSSR count). The van der Waals surface area contributed by atoms with Crippen molar-refractivity contribution < 1.29 is 4.21 Å². The van der Waals surface area contributed by atoms with E-state index in [4.69, 9.17) is 11.6 Å². The van der Waals surface area contributed by atoms with E-state index >= 15 is 0 Å². The predicted octanol–water partition coefficient (Wildman–Crippen LogP) is 3.46. The quantitative estimate of drug-likeness (QED) is 0.643. The minimum atomic E-state index is -1.01. The van der Waals surface area contributed by atoms with Crippen molar-refractivity contribution >= 4 is 28.2 Å². The van der Waals surface area contributed by atoms with Crippen LogP contribution in [-0.4, -0.2) is 37.0 Å². The zero-order chi connectivity index (χ0) is 19.1. The Hall–Kier alpha value is -2.25. The second-order valence-electron chi connectivity index (χ2n) is 7.26. The Kier molecular flexibility index (Phi) is 4.64. The molecule has 0 aliphatic carbocycles. The molecule has 0 bridgehead atoms. The van der Waals surface area contributed by atoms with Gasteiger partial charge in [-0.1, -0.05) is 17.7 Å². The largest absolute Gasteiger partial charge is 0.357 e. The summed E-state index contributed by atoms with van der Waals surface area (Å²) in [7, 11) is -1.01. The molecule has 0 N–H and O–H groups in total. The lowest BCUT2D eigenvalue weighted by Gasteiger charge is -2.32. The van der Waals surface area contributed by atoms with E-state index in [1.165, 1.54) is 0 Å². The highest BCUT2D eigenvalue weighted by Gasteiger charge is 2.30. The molecule has 0 radical (unpaired) electrons. The minimum Gasteiger partial charge on any atom is -0.357 e. The zero-order valence-corrected chi connectivity index (χ0v) is 16.9. The number of hydrogen-bond donors (Lipinski definition) is 0. The van der Waals surface area contributed by atoms with E-state index in [0.717, 1.165) is 54.6 Å². The Morgan fingerprint density at radius 1 is 1.07 bits per heavy atom. The summed E-state index contributed by atoms with van der Waals surface area (Å²) in [4.78, 5) is 6.78. The van der Waals surface area contributed by atoms with Crippen molar-refractivity contribution in [2.75, 3.05) is 18.0 Å². The smallest absolute Gasteiger partial charge is 0.150 e. The van der Waals surface area contributed by atoms with E-state index < -0.39 is 10.8 Å². The average Bonchev–Trinajstić information content (AvgIpc) is 3.06. The Balaban J connectivity index is 1.46. The molecule has 1 unspecified atom stereocenters. The lowest BCUT2D eigenvalue weighted by molar-refractivity contribution is 0.477. The number of anilines is 1. The van der Waals surface area contributed by atoms with Crippen molar-refractivity contribution in [1.29, 1.82) is 0 Å². The molecule has 0 spiro atoms. The summed E-state index contributed by atoms with van der Waals surface area (Å²) in [5, 5.41) is 9.59. The number of benzene rings is 1. The molecule has 2 aromatic heterocycles. The third-order valence-electron chi connectivity index (χ3n) is 5.48. The van der Waals surface area contributed by atoms with Gasteiger partial charge in [-0.3, -0.25) is 8.78 Å². The van der Waals surface area contributed by atoms with Crippen LogP contribution in [0.5, 0.6) is 0 Å². The maximum absolute atomic E-state index is 12.5. The monoisotopic (exact) mass is 413 g/mol. The number of nitrogens with zero attached hydrogens (tertiary/aromatic N) is 5. The molecule has 3 aromatic rings. The Bertz CT molecular complexity index is 1030. The van der Waals surface area contributed by atoms with Crippen LogP contribution in [0.4, 0.5) is 5.82 Å². The molecule has 2 aliphatic heterocycles. The van der Waals surface area contributed by atoms with Gasteiger partial charge in [0.1, 0.15) is 17.5 Å². The van der Waals surface area contributed by atoms with Gasteiger partial charge in [-0.25, -0.2) is 4.98 Å². The number of piperidine rings is 1. The number of pyridine rings is 1. The van der Waals surface area contributed by atoms with Gasteiger partial charge < -0.3 is 4.90 Å². The summed E-state index contributed by atoms with van der Waals surface area (Å²) < 4.78 is 14.6. The maximum Gasteiger partial charge on any atom is 0.150 e. The fourth-order valence-corrected chi connectivity index (χ4v) is 5.46. The number of fused-ring (bicyclic) bond motifs is 3. The third kappa shape index (κ3) is 3.22. The van der Waals surface area contributed by atoms with Crippen molar-refractivity contribution in [2.45, 2.75) is 30.3 Å². The first-order valence-electron chi connectivity index (χ1n) is 9.43. The molecule has 144 valence electrons. The van der Waals surface area contributed by atoms with Gasteiger partial charge >= 0.3 is 0 Å². The molecule has 0 amide bonds. The summed E-state index contributed by atoms with van der Waals surface area (Å²) in [5.74, 6) is 4.01. The number of hydrogen-bond acceptors (Lipinski definition) is 5. The summed E-state index contributed by atoms with van der Waals surface area (Å²) in [5.41, 5.74) is 2.01. The van der Waals surface area contributed by atoms with Crippen LogP contribution in [0.25, 0.3) is 5.69 Å². The minimum absolute atomic E-state index is 0.316. The van der Waals surface area contributed by atoms with Gasteiger partial charge in [-0.2, -0.15) is 0 Å². The first-order valence-corrected chi connectivity index (χ1v) is 11.3. The second-order valence-corrected chi connectivity index (χ2v) is 9.15. The topological polar surface area (TPSA) is 63.9 Å². The van der Waals surface area contributed by atoms with Crippen LogP contribution in [0.2, 0.25) is 5.02 Å². The van der Waals surface area contributed by atoms with Crippen LogP contribution in [0.1, 0.15) is 36.0 Å². The summed E-state index contributed by atoms with van der Waals surface area (Å²) in [6.45, 7) is 1.87. The van der Waals surface area contributed by atoms with E-state index in [1.54, 1.807) is 0 Å². The molecule has 6 nitrogen and oxygen atoms in total. The van der Waals surface area contributed by atoms with Gasteiger partial charge in [-0.05, 0) is 48.7 Å². The molecule has 1 aromatic carbocycles. The molecular formula is C20H20ClN5OS. The summed E-state index contributed by atoms with van der Waals surface area (Å²) in [6, 6.07) is 11.8. The van der Waals surface area contributed by atoms with E-state index in [9.17, 15) is 4.21 Å². The molecule has 1 fully saturated rings. The van der Waals surface area contributed by atoms with Crippen LogP contribution in [-0.2, 0) is 22.3 Å². The van der Waals surface area contributed by atoms with Crippen LogP contribution in [0.3, 0.4) is 0 Å². The molecule has 1 atom stereocenters. The predicted molar refractivity (Wildman–Crippen MR) is 110 cm³/mol. The first-order chi connectivity index (χ1) is 13.7. The van der Waals surface area contributed by atoms with Gasteiger partial charge in [0.25, 0.3) is 0 Å². The fraction of sp³-hybridized carbons (Fsp3) is 0.350. The third-order valence-corrected chi connectivity index (χ3v) is 6.93. The van der Waals surface area contributed by atoms with Crippen LogP contribution in [0, 0.1) is 0 Å². The average molecular weight is 414 g/mol. The number of aromatic nitrogens is 4. The molecule has 1 saturated heterocycles. The molecule has 2 aliphatic rings. The first kappa shape index (κ1) is 17.8. The Labute approximate surface area is 171 Å². The normalized spacial score (nSPS) is 19.8. The summed E-state index contributed by atoms with van der Waals surface area (Å²) >= 11 is 6.19. The Morgan fingerprint density at radius 2 is 1.93 bits per heavy atom. The number of rotatable bonds is 2. The van der Waals surface area contributed by atoms with E-state index in [-0.39, 0.29) is 0 Å². The van der Waals surface area contributed by atoms with E-state index in [1.807, 2.05) is 36.5 Å². The van der Waals surface area contributed by atoms with Crippen molar-refractivity contribution in [3.63, 3.8) is 0 Å². The Morgan fingerprint density at radius 3 is 2.71 bits per heavy atom. The van der Waals surface area contributed by atoms with Crippen LogP contribution >= 0.6 is 11.6 Å². The lowest BCUT2D eigenvalue weighted by atomic mass is 9.95. The van der Waals surface area contributed by atoms with Gasteiger partial charge in [0.05, 0.1) is 17.2 Å². The SMILES string of the molecule is O=S1Cc2cc(Cl)ccc2-n2c(nnc2C2CCN(c3ccccn3)CC2)C1. The zero-order valence-electron chi connectivity index (χ0n) is 15.3. The standard InChI is InChI=1S/C20H20ClN5OS/c21-16-4-5-17-15(11-16)12-28(27)13-19-23-24-20(26(17)19)14-6-9-25(10-7-14)18-3-1-2-8-22-18/h1-5,8,11,14H,6-7,9-10,12-13H2. The molecule has 28 heavy (non-hydrogen) atoms. The van der Waals surface area contributed by atoms with Crippen molar-refractivity contribution in [1.82, 2.24) is 19.7 Å². The van der Waals surface area contributed by atoms with Gasteiger partial charge in [0.2, 0.25) is 0 Å². The van der Waals surface area contributed by atoms with Gasteiger partial charge in [-0.15, -0.1) is 10.2 Å². The molecule has 0 saturated carbocycles.